The first kappa shape index (κ1) is 25.9. The first-order valence-corrected chi connectivity index (χ1v) is 11.9. The number of halogens is 1. The Morgan fingerprint density at radius 3 is 2.24 bits per heavy atom. The van der Waals surface area contributed by atoms with Gasteiger partial charge in [0.25, 0.3) is 0 Å². The number of benzene rings is 2. The second kappa shape index (κ2) is 13.9. The van der Waals surface area contributed by atoms with Crippen LogP contribution in [0.15, 0.2) is 59.6 Å². The average Bonchev–Trinajstić information content (AvgIpc) is 3.38. The molecule has 2 aliphatic rings. The normalized spacial score (nSPS) is 18.5. The van der Waals surface area contributed by atoms with Crippen molar-refractivity contribution in [2.75, 3.05) is 53.0 Å². The highest BCUT2D eigenvalue weighted by Gasteiger charge is 2.23. The van der Waals surface area contributed by atoms with Crippen LogP contribution >= 0.6 is 24.0 Å². The summed E-state index contributed by atoms with van der Waals surface area (Å²) in [6.45, 7) is 8.68. The summed E-state index contributed by atoms with van der Waals surface area (Å²) in [4.78, 5) is 9.48. The lowest BCUT2D eigenvalue weighted by atomic mass is 10.1. The number of ether oxygens (including phenoxy) is 1. The molecule has 2 aliphatic heterocycles. The van der Waals surface area contributed by atoms with Crippen molar-refractivity contribution < 1.29 is 4.74 Å². The summed E-state index contributed by atoms with van der Waals surface area (Å²) in [7, 11) is 1.84. The van der Waals surface area contributed by atoms with Crippen LogP contribution in [-0.2, 0) is 17.8 Å². The lowest BCUT2D eigenvalue weighted by molar-refractivity contribution is 0.0342. The fourth-order valence-electron chi connectivity index (χ4n) is 4.57. The summed E-state index contributed by atoms with van der Waals surface area (Å²) in [5.74, 6) is 0.850. The first-order chi connectivity index (χ1) is 15.8. The first-order valence-electron chi connectivity index (χ1n) is 11.9. The third kappa shape index (κ3) is 7.95. The zero-order valence-corrected chi connectivity index (χ0v) is 22.0. The number of aliphatic imine (C=N–C) groups is 1. The average molecular weight is 564 g/mol. The van der Waals surface area contributed by atoms with Gasteiger partial charge in [-0.25, -0.2) is 0 Å². The van der Waals surface area contributed by atoms with E-state index in [2.05, 4.69) is 80.0 Å². The molecule has 0 spiro atoms. The smallest absolute Gasteiger partial charge is 0.191 e. The molecule has 2 aromatic carbocycles. The zero-order valence-electron chi connectivity index (χ0n) is 19.7. The molecule has 4 rings (SSSR count). The van der Waals surface area contributed by atoms with Crippen molar-refractivity contribution in [2.24, 2.45) is 4.99 Å². The van der Waals surface area contributed by atoms with Gasteiger partial charge in [-0.2, -0.15) is 0 Å². The van der Waals surface area contributed by atoms with Crippen LogP contribution in [0.25, 0.3) is 0 Å². The highest BCUT2D eigenvalue weighted by molar-refractivity contribution is 14.0. The molecule has 6 nitrogen and oxygen atoms in total. The van der Waals surface area contributed by atoms with Gasteiger partial charge in [-0.05, 0) is 42.6 Å². The fourth-order valence-corrected chi connectivity index (χ4v) is 4.57. The van der Waals surface area contributed by atoms with Gasteiger partial charge in [-0.3, -0.25) is 14.8 Å². The van der Waals surface area contributed by atoms with E-state index in [-0.39, 0.29) is 24.0 Å². The molecule has 1 atom stereocenters. The Labute approximate surface area is 215 Å². The van der Waals surface area contributed by atoms with Crippen molar-refractivity contribution >= 4 is 29.9 Å². The molecule has 2 saturated heterocycles. The van der Waals surface area contributed by atoms with E-state index in [9.17, 15) is 0 Å². The largest absolute Gasteiger partial charge is 0.379 e. The molecular weight excluding hydrogens is 525 g/mol. The molecular formula is C26H38IN5O. The number of nitrogens with zero attached hydrogens (tertiary/aromatic N) is 3. The summed E-state index contributed by atoms with van der Waals surface area (Å²) < 4.78 is 5.44. The maximum atomic E-state index is 5.44. The Kier molecular flexibility index (Phi) is 10.9. The van der Waals surface area contributed by atoms with E-state index in [0.29, 0.717) is 6.04 Å². The van der Waals surface area contributed by atoms with E-state index in [1.54, 1.807) is 0 Å². The number of guanidine groups is 1. The summed E-state index contributed by atoms with van der Waals surface area (Å²) in [5.41, 5.74) is 3.99. The van der Waals surface area contributed by atoms with Gasteiger partial charge in [0.2, 0.25) is 0 Å². The Morgan fingerprint density at radius 2 is 1.58 bits per heavy atom. The van der Waals surface area contributed by atoms with Crippen molar-refractivity contribution in [2.45, 2.75) is 32.0 Å². The minimum Gasteiger partial charge on any atom is -0.379 e. The third-order valence-electron chi connectivity index (χ3n) is 6.45. The number of nitrogens with one attached hydrogen (secondary N) is 2. The highest BCUT2D eigenvalue weighted by atomic mass is 127. The fraction of sp³-hybridized carbons (Fsp3) is 0.500. The third-order valence-corrected chi connectivity index (χ3v) is 6.45. The van der Waals surface area contributed by atoms with Crippen LogP contribution in [-0.4, -0.2) is 68.7 Å². The topological polar surface area (TPSA) is 52.1 Å². The van der Waals surface area contributed by atoms with Gasteiger partial charge in [0.15, 0.2) is 5.96 Å². The Bertz CT molecular complexity index is 834. The van der Waals surface area contributed by atoms with Crippen LogP contribution in [0.3, 0.4) is 0 Å². The summed E-state index contributed by atoms with van der Waals surface area (Å²) in [6.07, 6.45) is 2.58. The Morgan fingerprint density at radius 1 is 0.909 bits per heavy atom. The van der Waals surface area contributed by atoms with Gasteiger partial charge in [-0.1, -0.05) is 54.6 Å². The van der Waals surface area contributed by atoms with E-state index in [0.717, 1.165) is 51.9 Å². The van der Waals surface area contributed by atoms with Crippen LogP contribution < -0.4 is 10.6 Å². The van der Waals surface area contributed by atoms with Crippen molar-refractivity contribution in [3.8, 4) is 0 Å². The molecule has 0 amide bonds. The van der Waals surface area contributed by atoms with E-state index in [1.807, 2.05) is 7.05 Å². The maximum Gasteiger partial charge on any atom is 0.191 e. The SMILES string of the molecule is CN=C(NCc1ccc(CN2CCOCC2)cc1)NCC(c1ccccc1)N1CCCC1.I. The molecule has 180 valence electrons. The second-order valence-corrected chi connectivity index (χ2v) is 8.68. The Hall–Kier alpha value is -1.68. The van der Waals surface area contributed by atoms with E-state index >= 15 is 0 Å². The minimum atomic E-state index is 0. The van der Waals surface area contributed by atoms with Gasteiger partial charge in [0.1, 0.15) is 0 Å². The van der Waals surface area contributed by atoms with Crippen LogP contribution in [0.1, 0.15) is 35.6 Å². The van der Waals surface area contributed by atoms with Crippen LogP contribution in [0.4, 0.5) is 0 Å². The molecule has 1 unspecified atom stereocenters. The number of hydrogen-bond acceptors (Lipinski definition) is 4. The van der Waals surface area contributed by atoms with Crippen molar-refractivity contribution in [3.05, 3.63) is 71.3 Å². The summed E-state index contributed by atoms with van der Waals surface area (Å²) in [6, 6.07) is 20.1. The quantitative estimate of drug-likeness (QED) is 0.292. The number of hydrogen-bond donors (Lipinski definition) is 2. The van der Waals surface area contributed by atoms with Crippen molar-refractivity contribution in [1.82, 2.24) is 20.4 Å². The number of rotatable bonds is 8. The van der Waals surface area contributed by atoms with Crippen molar-refractivity contribution in [1.29, 1.82) is 0 Å². The summed E-state index contributed by atoms with van der Waals surface area (Å²) >= 11 is 0. The number of likely N-dealkylation sites (tertiary alicyclic amines) is 1. The molecule has 2 N–H and O–H groups in total. The molecule has 0 radical (unpaired) electrons. The molecule has 33 heavy (non-hydrogen) atoms. The Balaban J connectivity index is 0.00000306. The predicted molar refractivity (Wildman–Crippen MR) is 146 cm³/mol. The van der Waals surface area contributed by atoms with Gasteiger partial charge >= 0.3 is 0 Å². The minimum absolute atomic E-state index is 0. The summed E-state index contributed by atoms with van der Waals surface area (Å²) in [5, 5.41) is 7.04. The van der Waals surface area contributed by atoms with Crippen LogP contribution in [0, 0.1) is 0 Å². The predicted octanol–water partition coefficient (Wildman–Crippen LogP) is 3.64. The number of morpholine rings is 1. The lowest BCUT2D eigenvalue weighted by Gasteiger charge is -2.29. The standard InChI is InChI=1S/C26H37N5O.HI/c1-27-26(29-20-25(31-13-5-6-14-31)24-7-3-2-4-8-24)28-19-22-9-11-23(12-10-22)21-30-15-17-32-18-16-30;/h2-4,7-12,25H,5-6,13-21H2,1H3,(H2,27,28,29);1H. The molecule has 0 bridgehead atoms. The molecule has 2 heterocycles. The van der Waals surface area contributed by atoms with Gasteiger partial charge < -0.3 is 15.4 Å². The molecule has 0 aromatic heterocycles. The van der Waals surface area contributed by atoms with Gasteiger partial charge in [0, 0.05) is 39.8 Å². The molecule has 7 heteroatoms. The second-order valence-electron chi connectivity index (χ2n) is 8.68. The molecule has 2 fully saturated rings. The van der Waals surface area contributed by atoms with Gasteiger partial charge in [0.05, 0.1) is 19.3 Å². The van der Waals surface area contributed by atoms with E-state index in [1.165, 1.54) is 42.6 Å². The molecule has 0 saturated carbocycles. The van der Waals surface area contributed by atoms with Crippen LogP contribution in [0.5, 0.6) is 0 Å². The molecule has 0 aliphatic carbocycles. The lowest BCUT2D eigenvalue weighted by Crippen LogP contribution is -2.42. The van der Waals surface area contributed by atoms with E-state index in [4.69, 9.17) is 4.74 Å². The monoisotopic (exact) mass is 563 g/mol. The van der Waals surface area contributed by atoms with E-state index < -0.39 is 0 Å². The zero-order chi connectivity index (χ0) is 22.0. The molecule has 2 aromatic rings. The van der Waals surface area contributed by atoms with Crippen molar-refractivity contribution in [3.63, 3.8) is 0 Å². The van der Waals surface area contributed by atoms with Gasteiger partial charge in [-0.15, -0.1) is 24.0 Å². The maximum absolute atomic E-state index is 5.44. The highest BCUT2D eigenvalue weighted by Crippen LogP contribution is 2.24. The van der Waals surface area contributed by atoms with Crippen LogP contribution in [0.2, 0.25) is 0 Å².